The Kier molecular flexibility index (Phi) is 5.05. The molecule has 5 atom stereocenters. The highest BCUT2D eigenvalue weighted by molar-refractivity contribution is 5.86. The topological polar surface area (TPSA) is 142 Å². The molecule has 18 heavy (non-hydrogen) atoms. The van der Waals surface area contributed by atoms with Gasteiger partial charge < -0.3 is 35.6 Å². The summed E-state index contributed by atoms with van der Waals surface area (Å²) in [5.41, 5.74) is 5.60. The van der Waals surface area contributed by atoms with E-state index in [2.05, 4.69) is 4.74 Å². The van der Waals surface area contributed by atoms with E-state index < -0.39 is 43.0 Å². The van der Waals surface area contributed by atoms with Crippen LogP contribution in [0.25, 0.3) is 0 Å². The van der Waals surface area contributed by atoms with Crippen LogP contribution in [0.1, 0.15) is 0 Å². The molecule has 0 saturated heterocycles. The first-order valence-corrected chi connectivity index (χ1v) is 5.29. The van der Waals surface area contributed by atoms with Crippen molar-refractivity contribution in [3.05, 3.63) is 11.8 Å². The van der Waals surface area contributed by atoms with Gasteiger partial charge in [-0.15, -0.1) is 0 Å². The van der Waals surface area contributed by atoms with E-state index in [4.69, 9.17) is 15.6 Å². The number of carbonyl (C=O) groups is 1. The molecular weight excluding hydrogens is 246 g/mol. The van der Waals surface area contributed by atoms with Crippen molar-refractivity contribution in [1.82, 2.24) is 0 Å². The van der Waals surface area contributed by atoms with Gasteiger partial charge in [0, 0.05) is 0 Å². The van der Waals surface area contributed by atoms with Crippen LogP contribution in [-0.4, -0.2) is 70.6 Å². The summed E-state index contributed by atoms with van der Waals surface area (Å²) in [6.45, 7) is -0.707. The lowest BCUT2D eigenvalue weighted by atomic mass is 9.95. The van der Waals surface area contributed by atoms with Crippen LogP contribution < -0.4 is 5.73 Å². The second kappa shape index (κ2) is 6.12. The van der Waals surface area contributed by atoms with Gasteiger partial charge in [0.1, 0.15) is 18.3 Å². The summed E-state index contributed by atoms with van der Waals surface area (Å²) >= 11 is 0. The van der Waals surface area contributed by atoms with E-state index in [-0.39, 0.29) is 5.76 Å². The van der Waals surface area contributed by atoms with Crippen molar-refractivity contribution in [2.75, 3.05) is 13.7 Å². The van der Waals surface area contributed by atoms with Gasteiger partial charge in [-0.1, -0.05) is 0 Å². The number of esters is 1. The average molecular weight is 263 g/mol. The highest BCUT2D eigenvalue weighted by Crippen LogP contribution is 2.21. The maximum absolute atomic E-state index is 11.3. The first kappa shape index (κ1) is 14.9. The number of aliphatic hydroxyl groups excluding tert-OH is 4. The van der Waals surface area contributed by atoms with Gasteiger partial charge in [-0.25, -0.2) is 4.79 Å². The standard InChI is InChI=1S/C10H17NO7/c1-17-10(16)6-2-4(13)7(11)9(18-6)8(15)5(14)3-12/h2,4-5,7-9,12-15H,3,11H2,1H3/t4-,5+,7+,8+,9+/m0/s1. The van der Waals surface area contributed by atoms with Crippen LogP contribution in [0.2, 0.25) is 0 Å². The fourth-order valence-electron chi connectivity index (χ4n) is 1.57. The predicted octanol–water partition coefficient (Wildman–Crippen LogP) is -3.16. The van der Waals surface area contributed by atoms with Crippen molar-refractivity contribution < 1.29 is 34.7 Å². The molecule has 0 radical (unpaired) electrons. The third kappa shape index (κ3) is 2.98. The molecule has 0 aromatic carbocycles. The zero-order valence-corrected chi connectivity index (χ0v) is 9.76. The average Bonchev–Trinajstić information content (AvgIpc) is 2.38. The van der Waals surface area contributed by atoms with Crippen LogP contribution >= 0.6 is 0 Å². The van der Waals surface area contributed by atoms with Gasteiger partial charge in [0.25, 0.3) is 0 Å². The van der Waals surface area contributed by atoms with Gasteiger partial charge in [-0.2, -0.15) is 0 Å². The molecule has 0 spiro atoms. The number of aliphatic hydroxyl groups is 4. The molecule has 8 heteroatoms. The predicted molar refractivity (Wildman–Crippen MR) is 58.1 cm³/mol. The Morgan fingerprint density at radius 3 is 2.72 bits per heavy atom. The zero-order chi connectivity index (χ0) is 13.9. The lowest BCUT2D eigenvalue weighted by Gasteiger charge is -2.36. The molecule has 0 aromatic rings. The molecule has 104 valence electrons. The summed E-state index contributed by atoms with van der Waals surface area (Å²) < 4.78 is 9.50. The molecule has 6 N–H and O–H groups in total. The molecule has 0 bridgehead atoms. The number of nitrogens with two attached hydrogens (primary N) is 1. The van der Waals surface area contributed by atoms with E-state index in [0.29, 0.717) is 0 Å². The first-order chi connectivity index (χ1) is 8.42. The molecule has 1 heterocycles. The first-order valence-electron chi connectivity index (χ1n) is 5.29. The number of ether oxygens (including phenoxy) is 2. The summed E-state index contributed by atoms with van der Waals surface area (Å²) in [5.74, 6) is -1.14. The molecule has 1 rings (SSSR count). The lowest BCUT2D eigenvalue weighted by Crippen LogP contribution is -2.57. The number of hydrogen-bond donors (Lipinski definition) is 5. The Morgan fingerprint density at radius 2 is 2.22 bits per heavy atom. The molecular formula is C10H17NO7. The van der Waals surface area contributed by atoms with Crippen molar-refractivity contribution >= 4 is 5.97 Å². The fraction of sp³-hybridized carbons (Fsp3) is 0.700. The second-order valence-corrected chi connectivity index (χ2v) is 3.91. The third-order valence-electron chi connectivity index (χ3n) is 2.66. The van der Waals surface area contributed by atoms with Crippen LogP contribution in [0.5, 0.6) is 0 Å². The van der Waals surface area contributed by atoms with E-state index >= 15 is 0 Å². The Balaban J connectivity index is 2.88. The van der Waals surface area contributed by atoms with Crippen LogP contribution in [0.3, 0.4) is 0 Å². The lowest BCUT2D eigenvalue weighted by molar-refractivity contribution is -0.149. The van der Waals surface area contributed by atoms with E-state index in [0.717, 1.165) is 13.2 Å². The zero-order valence-electron chi connectivity index (χ0n) is 9.76. The number of hydrogen-bond acceptors (Lipinski definition) is 8. The summed E-state index contributed by atoms with van der Waals surface area (Å²) in [7, 11) is 1.13. The van der Waals surface area contributed by atoms with E-state index in [1.54, 1.807) is 0 Å². The highest BCUT2D eigenvalue weighted by Gasteiger charge is 2.40. The Bertz CT molecular complexity index is 332. The minimum absolute atomic E-state index is 0.305. The Morgan fingerprint density at radius 1 is 1.61 bits per heavy atom. The molecule has 0 fully saturated rings. The van der Waals surface area contributed by atoms with Crippen molar-refractivity contribution in [2.45, 2.75) is 30.5 Å². The molecule has 1 aliphatic heterocycles. The summed E-state index contributed by atoms with van der Waals surface area (Å²) in [4.78, 5) is 11.3. The minimum atomic E-state index is -1.55. The van der Waals surface area contributed by atoms with E-state index in [9.17, 15) is 20.1 Å². The Hall–Kier alpha value is -1.19. The maximum atomic E-state index is 11.3. The monoisotopic (exact) mass is 263 g/mol. The van der Waals surface area contributed by atoms with Gasteiger partial charge in [0.15, 0.2) is 0 Å². The smallest absolute Gasteiger partial charge is 0.373 e. The van der Waals surface area contributed by atoms with Crippen LogP contribution in [-0.2, 0) is 14.3 Å². The molecule has 0 amide bonds. The van der Waals surface area contributed by atoms with Crippen LogP contribution in [0.15, 0.2) is 11.8 Å². The molecule has 8 nitrogen and oxygen atoms in total. The molecule has 0 aromatic heterocycles. The quantitative estimate of drug-likeness (QED) is 0.335. The van der Waals surface area contributed by atoms with Gasteiger partial charge in [-0.3, -0.25) is 0 Å². The summed E-state index contributed by atoms with van der Waals surface area (Å²) in [6, 6.07) is -1.05. The summed E-state index contributed by atoms with van der Waals surface area (Å²) in [6.07, 6.45) is -4.46. The SMILES string of the molecule is COC(=O)C1=C[C@H](O)[C@@H](N)[C@H]([C@H](O)[C@H](O)CO)O1. The fourth-order valence-corrected chi connectivity index (χ4v) is 1.57. The Labute approximate surface area is 103 Å². The largest absolute Gasteiger partial charge is 0.479 e. The van der Waals surface area contributed by atoms with Crippen molar-refractivity contribution in [1.29, 1.82) is 0 Å². The minimum Gasteiger partial charge on any atom is -0.479 e. The molecule has 0 unspecified atom stereocenters. The van der Waals surface area contributed by atoms with E-state index in [1.165, 1.54) is 0 Å². The number of methoxy groups -OCH3 is 1. The number of rotatable bonds is 4. The van der Waals surface area contributed by atoms with Gasteiger partial charge >= 0.3 is 5.97 Å². The maximum Gasteiger partial charge on any atom is 0.373 e. The van der Waals surface area contributed by atoms with Gasteiger partial charge in [0.2, 0.25) is 5.76 Å². The van der Waals surface area contributed by atoms with Crippen molar-refractivity contribution in [3.8, 4) is 0 Å². The third-order valence-corrected chi connectivity index (χ3v) is 2.66. The second-order valence-electron chi connectivity index (χ2n) is 3.91. The van der Waals surface area contributed by atoms with Crippen molar-refractivity contribution in [2.24, 2.45) is 5.73 Å². The van der Waals surface area contributed by atoms with Gasteiger partial charge in [0.05, 0.1) is 25.9 Å². The summed E-state index contributed by atoms with van der Waals surface area (Å²) in [5, 5.41) is 37.4. The van der Waals surface area contributed by atoms with Crippen LogP contribution in [0, 0.1) is 0 Å². The molecule has 0 aliphatic carbocycles. The molecule has 1 aliphatic rings. The van der Waals surface area contributed by atoms with Crippen molar-refractivity contribution in [3.63, 3.8) is 0 Å². The highest BCUT2D eigenvalue weighted by atomic mass is 16.6. The molecule has 0 saturated carbocycles. The van der Waals surface area contributed by atoms with Crippen LogP contribution in [0.4, 0.5) is 0 Å². The normalized spacial score (nSPS) is 31.0. The van der Waals surface area contributed by atoms with E-state index in [1.807, 2.05) is 0 Å². The van der Waals surface area contributed by atoms with Gasteiger partial charge in [-0.05, 0) is 6.08 Å². The number of carbonyl (C=O) groups excluding carboxylic acids is 1.